The molecule has 1 N–H and O–H groups in total. The average Bonchev–Trinajstić information content (AvgIpc) is 3.04. The molecule has 0 saturated carbocycles. The van der Waals surface area contributed by atoms with Gasteiger partial charge < -0.3 is 14.4 Å². The fourth-order valence-corrected chi connectivity index (χ4v) is 2.24. The topological polar surface area (TPSA) is 70.8 Å². The molecule has 1 amide bonds. The minimum atomic E-state index is -0.775. The SMILES string of the molecule is O=C(O)CCC1CCN(C(=O)/C=C/c2ccco2)C1. The fraction of sp³-hybridized carbons (Fsp3) is 0.429. The van der Waals surface area contributed by atoms with E-state index in [1.807, 2.05) is 0 Å². The van der Waals surface area contributed by atoms with Gasteiger partial charge in [-0.05, 0) is 37.0 Å². The molecule has 1 aliphatic heterocycles. The summed E-state index contributed by atoms with van der Waals surface area (Å²) in [7, 11) is 0. The van der Waals surface area contributed by atoms with Gasteiger partial charge in [-0.15, -0.1) is 0 Å². The van der Waals surface area contributed by atoms with Crippen LogP contribution in [0.3, 0.4) is 0 Å². The molecule has 0 spiro atoms. The Morgan fingerprint density at radius 1 is 1.53 bits per heavy atom. The number of likely N-dealkylation sites (tertiary alicyclic amines) is 1. The van der Waals surface area contributed by atoms with Crippen molar-refractivity contribution >= 4 is 18.0 Å². The van der Waals surface area contributed by atoms with Crippen molar-refractivity contribution in [3.8, 4) is 0 Å². The van der Waals surface area contributed by atoms with Crippen molar-refractivity contribution in [1.82, 2.24) is 4.90 Å². The van der Waals surface area contributed by atoms with Crippen LogP contribution in [0.4, 0.5) is 0 Å². The van der Waals surface area contributed by atoms with Gasteiger partial charge in [0.25, 0.3) is 0 Å². The summed E-state index contributed by atoms with van der Waals surface area (Å²) >= 11 is 0. The second-order valence-electron chi connectivity index (χ2n) is 4.72. The maximum absolute atomic E-state index is 11.9. The van der Waals surface area contributed by atoms with Crippen molar-refractivity contribution in [2.24, 2.45) is 5.92 Å². The number of carboxylic acid groups (broad SMARTS) is 1. The summed E-state index contributed by atoms with van der Waals surface area (Å²) in [6, 6.07) is 3.55. The van der Waals surface area contributed by atoms with Crippen LogP contribution in [-0.2, 0) is 9.59 Å². The number of amides is 1. The number of nitrogens with zero attached hydrogens (tertiary/aromatic N) is 1. The Labute approximate surface area is 111 Å². The predicted octanol–water partition coefficient (Wildman–Crippen LogP) is 2.01. The minimum absolute atomic E-state index is 0.0470. The molecule has 0 aliphatic carbocycles. The molecular weight excluding hydrogens is 246 g/mol. The van der Waals surface area contributed by atoms with Gasteiger partial charge in [0.1, 0.15) is 5.76 Å². The monoisotopic (exact) mass is 263 g/mol. The van der Waals surface area contributed by atoms with E-state index in [9.17, 15) is 9.59 Å². The van der Waals surface area contributed by atoms with Crippen molar-refractivity contribution in [2.75, 3.05) is 13.1 Å². The van der Waals surface area contributed by atoms with E-state index in [0.29, 0.717) is 31.2 Å². The molecular formula is C14H17NO4. The first-order chi connectivity index (χ1) is 9.15. The quantitative estimate of drug-likeness (QED) is 0.825. The molecule has 19 heavy (non-hydrogen) atoms. The summed E-state index contributed by atoms with van der Waals surface area (Å²) < 4.78 is 5.11. The van der Waals surface area contributed by atoms with E-state index in [1.54, 1.807) is 29.4 Å². The van der Waals surface area contributed by atoms with Crippen LogP contribution >= 0.6 is 0 Å². The Balaban J connectivity index is 1.80. The van der Waals surface area contributed by atoms with Gasteiger partial charge in [0.05, 0.1) is 6.26 Å². The van der Waals surface area contributed by atoms with Crippen molar-refractivity contribution < 1.29 is 19.1 Å². The highest BCUT2D eigenvalue weighted by Crippen LogP contribution is 2.21. The average molecular weight is 263 g/mol. The lowest BCUT2D eigenvalue weighted by molar-refractivity contribution is -0.137. The molecule has 102 valence electrons. The molecule has 2 rings (SSSR count). The highest BCUT2D eigenvalue weighted by Gasteiger charge is 2.25. The standard InChI is InChI=1S/C14H17NO4/c16-13(5-4-12-2-1-9-19-12)15-8-7-11(10-15)3-6-14(17)18/h1-2,4-5,9,11H,3,6-8,10H2,(H,17,18)/b5-4+. The zero-order chi connectivity index (χ0) is 13.7. The minimum Gasteiger partial charge on any atom is -0.481 e. The largest absolute Gasteiger partial charge is 0.481 e. The number of carboxylic acids is 1. The first-order valence-corrected chi connectivity index (χ1v) is 6.37. The van der Waals surface area contributed by atoms with E-state index in [4.69, 9.17) is 9.52 Å². The number of aliphatic carboxylic acids is 1. The van der Waals surface area contributed by atoms with Gasteiger partial charge in [0, 0.05) is 25.6 Å². The maximum atomic E-state index is 11.9. The van der Waals surface area contributed by atoms with Crippen LogP contribution in [0.15, 0.2) is 28.9 Å². The number of carbonyl (C=O) groups excluding carboxylic acids is 1. The van der Waals surface area contributed by atoms with Gasteiger partial charge in [-0.3, -0.25) is 9.59 Å². The lowest BCUT2D eigenvalue weighted by atomic mass is 10.0. The molecule has 1 aliphatic rings. The summed E-state index contributed by atoms with van der Waals surface area (Å²) in [5.41, 5.74) is 0. The molecule has 1 saturated heterocycles. The Hall–Kier alpha value is -2.04. The van der Waals surface area contributed by atoms with Crippen LogP contribution in [0.1, 0.15) is 25.0 Å². The molecule has 1 unspecified atom stereocenters. The van der Waals surface area contributed by atoms with Crippen LogP contribution in [-0.4, -0.2) is 35.0 Å². The predicted molar refractivity (Wildman–Crippen MR) is 69.3 cm³/mol. The molecule has 2 heterocycles. The van der Waals surface area contributed by atoms with Crippen molar-refractivity contribution in [3.63, 3.8) is 0 Å². The van der Waals surface area contributed by atoms with Crippen LogP contribution in [0, 0.1) is 5.92 Å². The zero-order valence-electron chi connectivity index (χ0n) is 10.6. The third-order valence-corrected chi connectivity index (χ3v) is 3.30. The molecule has 0 aromatic carbocycles. The number of hydrogen-bond acceptors (Lipinski definition) is 3. The highest BCUT2D eigenvalue weighted by atomic mass is 16.4. The summed E-state index contributed by atoms with van der Waals surface area (Å²) in [4.78, 5) is 24.2. The van der Waals surface area contributed by atoms with E-state index in [1.165, 1.54) is 6.08 Å². The summed E-state index contributed by atoms with van der Waals surface area (Å²) in [6.07, 6.45) is 6.40. The summed E-state index contributed by atoms with van der Waals surface area (Å²) in [5, 5.41) is 8.64. The molecule has 0 bridgehead atoms. The Morgan fingerprint density at radius 2 is 2.37 bits per heavy atom. The molecule has 1 atom stereocenters. The van der Waals surface area contributed by atoms with Crippen LogP contribution < -0.4 is 0 Å². The maximum Gasteiger partial charge on any atom is 0.303 e. The highest BCUT2D eigenvalue weighted by molar-refractivity contribution is 5.91. The first-order valence-electron chi connectivity index (χ1n) is 6.37. The van der Waals surface area contributed by atoms with Gasteiger partial charge in [0.15, 0.2) is 0 Å². The van der Waals surface area contributed by atoms with E-state index in [0.717, 1.165) is 6.42 Å². The number of furan rings is 1. The fourth-order valence-electron chi connectivity index (χ4n) is 2.24. The second-order valence-corrected chi connectivity index (χ2v) is 4.72. The Bertz CT molecular complexity index is 464. The molecule has 5 nitrogen and oxygen atoms in total. The lowest BCUT2D eigenvalue weighted by Crippen LogP contribution is -2.26. The Morgan fingerprint density at radius 3 is 3.05 bits per heavy atom. The van der Waals surface area contributed by atoms with E-state index in [-0.39, 0.29) is 12.3 Å². The third-order valence-electron chi connectivity index (χ3n) is 3.30. The lowest BCUT2D eigenvalue weighted by Gasteiger charge is -2.13. The molecule has 1 aromatic rings. The third kappa shape index (κ3) is 3.98. The number of rotatable bonds is 5. The molecule has 1 fully saturated rings. The van der Waals surface area contributed by atoms with Crippen LogP contribution in [0.25, 0.3) is 6.08 Å². The second kappa shape index (κ2) is 6.22. The van der Waals surface area contributed by atoms with Gasteiger partial charge in [-0.2, -0.15) is 0 Å². The van der Waals surface area contributed by atoms with Gasteiger partial charge in [-0.25, -0.2) is 0 Å². The van der Waals surface area contributed by atoms with E-state index in [2.05, 4.69) is 0 Å². The van der Waals surface area contributed by atoms with Gasteiger partial charge in [-0.1, -0.05) is 0 Å². The van der Waals surface area contributed by atoms with E-state index >= 15 is 0 Å². The van der Waals surface area contributed by atoms with E-state index < -0.39 is 5.97 Å². The Kier molecular flexibility index (Phi) is 4.39. The molecule has 1 aromatic heterocycles. The van der Waals surface area contributed by atoms with Crippen molar-refractivity contribution in [2.45, 2.75) is 19.3 Å². The molecule has 5 heteroatoms. The molecule has 0 radical (unpaired) electrons. The zero-order valence-corrected chi connectivity index (χ0v) is 10.6. The van der Waals surface area contributed by atoms with Crippen LogP contribution in [0.5, 0.6) is 0 Å². The summed E-state index contributed by atoms with van der Waals surface area (Å²) in [6.45, 7) is 1.35. The number of carbonyl (C=O) groups is 2. The first kappa shape index (κ1) is 13.4. The van der Waals surface area contributed by atoms with Crippen molar-refractivity contribution in [3.05, 3.63) is 30.2 Å². The number of hydrogen-bond donors (Lipinski definition) is 1. The summed E-state index contributed by atoms with van der Waals surface area (Å²) in [5.74, 6) is 0.128. The van der Waals surface area contributed by atoms with Crippen molar-refractivity contribution in [1.29, 1.82) is 0 Å². The van der Waals surface area contributed by atoms with Gasteiger partial charge >= 0.3 is 5.97 Å². The van der Waals surface area contributed by atoms with Crippen LogP contribution in [0.2, 0.25) is 0 Å². The normalized spacial score (nSPS) is 19.2. The smallest absolute Gasteiger partial charge is 0.303 e. The van der Waals surface area contributed by atoms with Gasteiger partial charge in [0.2, 0.25) is 5.91 Å².